The Labute approximate surface area is 95.7 Å². The van der Waals surface area contributed by atoms with Crippen molar-refractivity contribution in [2.75, 3.05) is 5.73 Å². The second-order valence-electron chi connectivity index (χ2n) is 3.50. The summed E-state index contributed by atoms with van der Waals surface area (Å²) < 4.78 is 6.25. The van der Waals surface area contributed by atoms with Crippen molar-refractivity contribution < 1.29 is 4.52 Å². The second-order valence-corrected chi connectivity index (χ2v) is 4.73. The molecule has 2 N–H and O–H groups in total. The van der Waals surface area contributed by atoms with Gasteiger partial charge in [0.15, 0.2) is 0 Å². The third-order valence-electron chi connectivity index (χ3n) is 2.46. The Morgan fingerprint density at radius 2 is 2.31 bits per heavy atom. The Hall–Kier alpha value is -1.88. The third-order valence-corrected chi connectivity index (χ3v) is 3.57. The van der Waals surface area contributed by atoms with Gasteiger partial charge in [-0.3, -0.25) is 4.98 Å². The fraction of sp³-hybridized carbons (Fsp3) is 0.0909. The molecule has 0 bridgehead atoms. The van der Waals surface area contributed by atoms with E-state index in [1.165, 1.54) is 0 Å². The van der Waals surface area contributed by atoms with Crippen molar-refractivity contribution in [1.29, 1.82) is 0 Å². The van der Waals surface area contributed by atoms with Crippen molar-refractivity contribution >= 4 is 27.3 Å². The van der Waals surface area contributed by atoms with E-state index in [9.17, 15) is 0 Å². The zero-order valence-corrected chi connectivity index (χ0v) is 9.41. The number of aromatic nitrogens is 2. The minimum atomic E-state index is 0.682. The van der Waals surface area contributed by atoms with Gasteiger partial charge in [0.2, 0.25) is 5.58 Å². The van der Waals surface area contributed by atoms with Crippen molar-refractivity contribution in [3.8, 4) is 11.3 Å². The molecule has 0 spiro atoms. The summed E-state index contributed by atoms with van der Waals surface area (Å²) >= 11 is 1.60. The molecule has 3 aromatic rings. The predicted molar refractivity (Wildman–Crippen MR) is 64.3 cm³/mol. The third kappa shape index (κ3) is 1.22. The molecule has 5 heteroatoms. The first-order chi connectivity index (χ1) is 7.77. The molecule has 0 aliphatic heterocycles. The number of pyridine rings is 1. The highest BCUT2D eigenvalue weighted by atomic mass is 32.1. The van der Waals surface area contributed by atoms with E-state index in [-0.39, 0.29) is 0 Å². The Morgan fingerprint density at radius 3 is 3.06 bits per heavy atom. The van der Waals surface area contributed by atoms with Gasteiger partial charge in [0.25, 0.3) is 0 Å². The molecule has 4 nitrogen and oxygen atoms in total. The standard InChI is InChI=1S/C11H9N3OS/c1-6-8(12)10-11(16-6)9(14-15-10)7-3-2-4-13-5-7/h2-5H,12H2,1H3. The Morgan fingerprint density at radius 1 is 1.44 bits per heavy atom. The SMILES string of the molecule is Cc1sc2c(-c3cccnc3)noc2c1N. The minimum Gasteiger partial charge on any atom is -0.395 e. The molecule has 0 radical (unpaired) electrons. The van der Waals surface area contributed by atoms with Gasteiger partial charge >= 0.3 is 0 Å². The van der Waals surface area contributed by atoms with Gasteiger partial charge in [-0.1, -0.05) is 5.16 Å². The number of rotatable bonds is 1. The first-order valence-corrected chi connectivity index (χ1v) is 5.63. The molecule has 0 aromatic carbocycles. The summed E-state index contributed by atoms with van der Waals surface area (Å²) in [7, 11) is 0. The molecule has 3 rings (SSSR count). The number of hydrogen-bond acceptors (Lipinski definition) is 5. The van der Waals surface area contributed by atoms with E-state index in [1.54, 1.807) is 23.7 Å². The lowest BCUT2D eigenvalue weighted by Crippen LogP contribution is -1.81. The Kier molecular flexibility index (Phi) is 1.94. The quantitative estimate of drug-likeness (QED) is 0.699. The van der Waals surface area contributed by atoms with E-state index in [2.05, 4.69) is 10.1 Å². The maximum absolute atomic E-state index is 5.89. The highest BCUT2D eigenvalue weighted by Gasteiger charge is 2.17. The second kappa shape index (κ2) is 3.31. The lowest BCUT2D eigenvalue weighted by atomic mass is 10.2. The van der Waals surface area contributed by atoms with Crippen molar-refractivity contribution in [2.24, 2.45) is 0 Å². The fourth-order valence-electron chi connectivity index (χ4n) is 1.60. The Bertz CT molecular complexity index is 642. The summed E-state index contributed by atoms with van der Waals surface area (Å²) in [5.74, 6) is 0. The van der Waals surface area contributed by atoms with Crippen LogP contribution in [0.4, 0.5) is 5.69 Å². The largest absolute Gasteiger partial charge is 0.395 e. The zero-order valence-electron chi connectivity index (χ0n) is 8.60. The van der Waals surface area contributed by atoms with Crippen molar-refractivity contribution in [3.05, 3.63) is 29.4 Å². The van der Waals surface area contributed by atoms with Crippen LogP contribution in [-0.4, -0.2) is 10.1 Å². The van der Waals surface area contributed by atoms with E-state index >= 15 is 0 Å². The van der Waals surface area contributed by atoms with E-state index < -0.39 is 0 Å². The van der Waals surface area contributed by atoms with Crippen LogP contribution in [0.25, 0.3) is 21.5 Å². The minimum absolute atomic E-state index is 0.682. The molecule has 0 aliphatic rings. The molecule has 0 atom stereocenters. The highest BCUT2D eigenvalue weighted by molar-refractivity contribution is 7.20. The number of nitrogen functional groups attached to an aromatic ring is 1. The summed E-state index contributed by atoms with van der Waals surface area (Å²) in [5.41, 5.74) is 9.02. The predicted octanol–water partition coefficient (Wildman–Crippen LogP) is 2.84. The van der Waals surface area contributed by atoms with E-state index in [4.69, 9.17) is 10.3 Å². The van der Waals surface area contributed by atoms with Crippen LogP contribution in [-0.2, 0) is 0 Å². The first-order valence-electron chi connectivity index (χ1n) is 4.82. The molecular weight excluding hydrogens is 222 g/mol. The molecule has 0 amide bonds. The van der Waals surface area contributed by atoms with Crippen LogP contribution in [0.5, 0.6) is 0 Å². The van der Waals surface area contributed by atoms with Crippen LogP contribution in [0.2, 0.25) is 0 Å². The van der Waals surface area contributed by atoms with Crippen LogP contribution >= 0.6 is 11.3 Å². The number of aryl methyl sites for hydroxylation is 1. The molecule has 0 saturated carbocycles. The van der Waals surface area contributed by atoms with E-state index in [0.29, 0.717) is 11.3 Å². The molecule has 0 unspecified atom stereocenters. The summed E-state index contributed by atoms with van der Waals surface area (Å²) in [5, 5.41) is 4.04. The lowest BCUT2D eigenvalue weighted by Gasteiger charge is -1.92. The molecule has 0 saturated heterocycles. The normalized spacial score (nSPS) is 11.1. The number of thiophene rings is 1. The monoisotopic (exact) mass is 231 g/mol. The average Bonchev–Trinajstić information content (AvgIpc) is 2.83. The topological polar surface area (TPSA) is 64.9 Å². The number of fused-ring (bicyclic) bond motifs is 1. The Balaban J connectivity index is 2.29. The van der Waals surface area contributed by atoms with Gasteiger partial charge in [0.1, 0.15) is 10.4 Å². The summed E-state index contributed by atoms with van der Waals surface area (Å²) in [6, 6.07) is 3.83. The van der Waals surface area contributed by atoms with Gasteiger partial charge in [-0.15, -0.1) is 11.3 Å². The van der Waals surface area contributed by atoms with Crippen molar-refractivity contribution in [2.45, 2.75) is 6.92 Å². The molecular formula is C11H9N3OS. The van der Waals surface area contributed by atoms with Crippen molar-refractivity contribution in [1.82, 2.24) is 10.1 Å². The van der Waals surface area contributed by atoms with Crippen LogP contribution in [0, 0.1) is 6.92 Å². The lowest BCUT2D eigenvalue weighted by molar-refractivity contribution is 0.460. The maximum atomic E-state index is 5.89. The number of anilines is 1. The van der Waals surface area contributed by atoms with Gasteiger partial charge in [0, 0.05) is 22.8 Å². The van der Waals surface area contributed by atoms with Crippen LogP contribution in [0.15, 0.2) is 29.0 Å². The molecule has 3 heterocycles. The van der Waals surface area contributed by atoms with Gasteiger partial charge in [-0.05, 0) is 19.1 Å². The van der Waals surface area contributed by atoms with Gasteiger partial charge in [-0.2, -0.15) is 0 Å². The highest BCUT2D eigenvalue weighted by Crippen LogP contribution is 2.38. The average molecular weight is 231 g/mol. The summed E-state index contributed by atoms with van der Waals surface area (Å²) in [6.45, 7) is 1.97. The van der Waals surface area contributed by atoms with Crippen molar-refractivity contribution in [3.63, 3.8) is 0 Å². The summed E-state index contributed by atoms with van der Waals surface area (Å²) in [4.78, 5) is 5.13. The van der Waals surface area contributed by atoms with Gasteiger partial charge < -0.3 is 10.3 Å². The molecule has 0 aliphatic carbocycles. The molecule has 0 fully saturated rings. The van der Waals surface area contributed by atoms with Gasteiger partial charge in [0.05, 0.1) is 5.69 Å². The molecule has 80 valence electrons. The van der Waals surface area contributed by atoms with Crippen LogP contribution < -0.4 is 5.73 Å². The van der Waals surface area contributed by atoms with Crippen LogP contribution in [0.3, 0.4) is 0 Å². The molecule has 16 heavy (non-hydrogen) atoms. The number of nitrogens with zero attached hydrogens (tertiary/aromatic N) is 2. The smallest absolute Gasteiger partial charge is 0.201 e. The van der Waals surface area contributed by atoms with Crippen LogP contribution in [0.1, 0.15) is 4.88 Å². The van der Waals surface area contributed by atoms with Gasteiger partial charge in [-0.25, -0.2) is 0 Å². The number of nitrogens with two attached hydrogens (primary N) is 1. The zero-order chi connectivity index (χ0) is 11.1. The number of hydrogen-bond donors (Lipinski definition) is 1. The summed E-state index contributed by atoms with van der Waals surface area (Å²) in [6.07, 6.45) is 3.50. The first kappa shape index (κ1) is 9.35. The maximum Gasteiger partial charge on any atom is 0.201 e. The molecule has 3 aromatic heterocycles. The fourth-order valence-corrected chi connectivity index (χ4v) is 2.60. The van der Waals surface area contributed by atoms with E-state index in [0.717, 1.165) is 20.8 Å². The van der Waals surface area contributed by atoms with E-state index in [1.807, 2.05) is 19.1 Å².